The third kappa shape index (κ3) is 2.25. The second-order valence-electron chi connectivity index (χ2n) is 2.82. The van der Waals surface area contributed by atoms with Crippen molar-refractivity contribution in [3.8, 4) is 0 Å². The Kier molecular flexibility index (Phi) is 2.96. The van der Waals surface area contributed by atoms with Crippen LogP contribution in [0.2, 0.25) is 0 Å². The summed E-state index contributed by atoms with van der Waals surface area (Å²) in [5.41, 5.74) is 1.06. The highest BCUT2D eigenvalue weighted by Gasteiger charge is 2.05. The summed E-state index contributed by atoms with van der Waals surface area (Å²) in [6.45, 7) is 3.26. The minimum Gasteiger partial charge on any atom is -0.294 e. The molecule has 0 fully saturated rings. The van der Waals surface area contributed by atoms with Crippen molar-refractivity contribution in [1.82, 2.24) is 0 Å². The van der Waals surface area contributed by atoms with Crippen LogP contribution >= 0.6 is 0 Å². The predicted molar refractivity (Wildman–Crippen MR) is 49.9 cm³/mol. The number of hydrogen-bond acceptors (Lipinski definition) is 2. The van der Waals surface area contributed by atoms with Crippen LogP contribution in [0.1, 0.15) is 41.0 Å². The van der Waals surface area contributed by atoms with Gasteiger partial charge in [-0.05, 0) is 19.1 Å². The molecule has 0 N–H and O–H groups in total. The van der Waals surface area contributed by atoms with Crippen molar-refractivity contribution in [2.24, 2.45) is 0 Å². The van der Waals surface area contributed by atoms with Gasteiger partial charge in [-0.2, -0.15) is 0 Å². The first-order valence-electron chi connectivity index (χ1n) is 4.21. The lowest BCUT2D eigenvalue weighted by Gasteiger charge is -1.99. The first-order valence-corrected chi connectivity index (χ1v) is 4.21. The van der Waals surface area contributed by atoms with Crippen LogP contribution in [-0.2, 0) is 0 Å². The maximum atomic E-state index is 11.3. The Bertz CT molecular complexity index is 340. The fourth-order valence-corrected chi connectivity index (χ4v) is 1.05. The van der Waals surface area contributed by atoms with E-state index in [9.17, 15) is 9.59 Å². The van der Waals surface area contributed by atoms with Gasteiger partial charge < -0.3 is 0 Å². The molecule has 1 aromatic carbocycles. The van der Waals surface area contributed by atoms with Crippen molar-refractivity contribution < 1.29 is 9.59 Å². The Labute approximate surface area is 77.6 Å². The normalized spacial score (nSPS) is 9.69. The Morgan fingerprint density at radius 2 is 2.15 bits per heavy atom. The smallest absolute Gasteiger partial charge is 0.162 e. The molecule has 13 heavy (non-hydrogen) atoms. The van der Waals surface area contributed by atoms with Crippen molar-refractivity contribution in [2.75, 3.05) is 0 Å². The Hall–Kier alpha value is -1.44. The van der Waals surface area contributed by atoms with Crippen LogP contribution in [0.25, 0.3) is 0 Å². The standard InChI is InChI=1S/C11H11O2/c1-3-11(13)10-6-4-5-9(7-10)8(2)12/h4,6-7H,3H2,1-2H3. The van der Waals surface area contributed by atoms with Crippen molar-refractivity contribution in [3.63, 3.8) is 0 Å². The van der Waals surface area contributed by atoms with Crippen molar-refractivity contribution in [2.45, 2.75) is 20.3 Å². The van der Waals surface area contributed by atoms with Crippen LogP contribution in [-0.4, -0.2) is 11.6 Å². The van der Waals surface area contributed by atoms with E-state index in [0.717, 1.165) is 0 Å². The van der Waals surface area contributed by atoms with Crippen molar-refractivity contribution in [3.05, 3.63) is 35.4 Å². The minimum atomic E-state index is -0.0641. The number of Topliss-reactive ketones (excluding diaryl/α,β-unsaturated/α-hetero) is 2. The lowest BCUT2D eigenvalue weighted by atomic mass is 10.0. The summed E-state index contributed by atoms with van der Waals surface area (Å²) in [4.78, 5) is 22.2. The van der Waals surface area contributed by atoms with Gasteiger partial charge >= 0.3 is 0 Å². The number of benzene rings is 1. The molecule has 0 aliphatic carbocycles. The number of rotatable bonds is 3. The van der Waals surface area contributed by atoms with Crippen LogP contribution in [0, 0.1) is 6.07 Å². The summed E-state index contributed by atoms with van der Waals surface area (Å²) in [5, 5.41) is 0. The van der Waals surface area contributed by atoms with Gasteiger partial charge in [0.25, 0.3) is 0 Å². The van der Waals surface area contributed by atoms with Crippen LogP contribution in [0.4, 0.5) is 0 Å². The maximum Gasteiger partial charge on any atom is 0.162 e. The fraction of sp³-hybridized carbons (Fsp3) is 0.273. The highest BCUT2D eigenvalue weighted by molar-refractivity contribution is 6.00. The quantitative estimate of drug-likeness (QED) is 0.660. The van der Waals surface area contributed by atoms with Gasteiger partial charge in [0.1, 0.15) is 0 Å². The molecular weight excluding hydrogens is 164 g/mol. The first kappa shape index (κ1) is 9.65. The van der Waals surface area contributed by atoms with E-state index in [4.69, 9.17) is 0 Å². The van der Waals surface area contributed by atoms with Gasteiger partial charge in [0.2, 0.25) is 0 Å². The lowest BCUT2D eigenvalue weighted by molar-refractivity contribution is 0.0988. The Balaban J connectivity index is 3.05. The van der Waals surface area contributed by atoms with E-state index in [1.807, 2.05) is 0 Å². The van der Waals surface area contributed by atoms with Crippen LogP contribution in [0.5, 0.6) is 0 Å². The second kappa shape index (κ2) is 3.99. The summed E-state index contributed by atoms with van der Waals surface area (Å²) in [6.07, 6.45) is 0.460. The van der Waals surface area contributed by atoms with Crippen LogP contribution in [0.3, 0.4) is 0 Å². The molecule has 0 saturated carbocycles. The van der Waals surface area contributed by atoms with E-state index in [0.29, 0.717) is 17.5 Å². The zero-order valence-electron chi connectivity index (χ0n) is 7.76. The van der Waals surface area contributed by atoms with E-state index in [1.165, 1.54) is 6.92 Å². The molecule has 0 bridgehead atoms. The predicted octanol–water partition coefficient (Wildman–Crippen LogP) is 2.28. The Morgan fingerprint density at radius 3 is 2.69 bits per heavy atom. The molecule has 1 aromatic rings. The van der Waals surface area contributed by atoms with E-state index in [1.54, 1.807) is 25.1 Å². The van der Waals surface area contributed by atoms with Crippen molar-refractivity contribution >= 4 is 11.6 Å². The molecule has 1 radical (unpaired) electrons. The SMILES string of the molecule is CCC(=O)c1cc[c]c(C(C)=O)c1. The molecule has 0 heterocycles. The molecule has 2 nitrogen and oxygen atoms in total. The fourth-order valence-electron chi connectivity index (χ4n) is 1.05. The van der Waals surface area contributed by atoms with Gasteiger partial charge in [0.15, 0.2) is 11.6 Å². The van der Waals surface area contributed by atoms with Gasteiger partial charge in [0.05, 0.1) is 0 Å². The van der Waals surface area contributed by atoms with Gasteiger partial charge in [-0.15, -0.1) is 0 Å². The number of ketones is 2. The molecule has 0 aliphatic heterocycles. The lowest BCUT2D eigenvalue weighted by Crippen LogP contribution is -1.99. The third-order valence-electron chi connectivity index (χ3n) is 1.82. The average molecular weight is 175 g/mol. The topological polar surface area (TPSA) is 34.1 Å². The van der Waals surface area contributed by atoms with Gasteiger partial charge in [-0.1, -0.05) is 19.1 Å². The number of carbonyl (C=O) groups excluding carboxylic acids is 2. The Morgan fingerprint density at radius 1 is 1.46 bits per heavy atom. The number of hydrogen-bond donors (Lipinski definition) is 0. The summed E-state index contributed by atoms with van der Waals surface area (Å²) in [6, 6.07) is 7.67. The summed E-state index contributed by atoms with van der Waals surface area (Å²) in [7, 11) is 0. The van der Waals surface area contributed by atoms with Crippen LogP contribution < -0.4 is 0 Å². The van der Waals surface area contributed by atoms with Crippen molar-refractivity contribution in [1.29, 1.82) is 0 Å². The third-order valence-corrected chi connectivity index (χ3v) is 1.82. The van der Waals surface area contributed by atoms with E-state index >= 15 is 0 Å². The van der Waals surface area contributed by atoms with E-state index in [-0.39, 0.29) is 11.6 Å². The molecule has 0 spiro atoms. The molecule has 0 saturated heterocycles. The van der Waals surface area contributed by atoms with E-state index < -0.39 is 0 Å². The summed E-state index contributed by atoms with van der Waals surface area (Å²) < 4.78 is 0. The summed E-state index contributed by atoms with van der Waals surface area (Å²) in [5.74, 6) is -0.0118. The zero-order chi connectivity index (χ0) is 9.84. The minimum absolute atomic E-state index is 0.0523. The summed E-state index contributed by atoms with van der Waals surface area (Å²) >= 11 is 0. The van der Waals surface area contributed by atoms with Gasteiger partial charge in [0, 0.05) is 17.5 Å². The van der Waals surface area contributed by atoms with E-state index in [2.05, 4.69) is 6.07 Å². The molecule has 0 aliphatic rings. The molecule has 1 rings (SSSR count). The highest BCUT2D eigenvalue weighted by atomic mass is 16.1. The average Bonchev–Trinajstić information content (AvgIpc) is 2.17. The molecule has 2 heteroatoms. The van der Waals surface area contributed by atoms with Gasteiger partial charge in [-0.3, -0.25) is 9.59 Å². The molecule has 0 amide bonds. The largest absolute Gasteiger partial charge is 0.294 e. The second-order valence-corrected chi connectivity index (χ2v) is 2.82. The first-order chi connectivity index (χ1) is 6.15. The molecule has 0 atom stereocenters. The van der Waals surface area contributed by atoms with Crippen LogP contribution in [0.15, 0.2) is 18.2 Å². The zero-order valence-corrected chi connectivity index (χ0v) is 7.76. The molecule has 67 valence electrons. The molecular formula is C11H11O2. The maximum absolute atomic E-state index is 11.3. The molecule has 0 aromatic heterocycles. The molecule has 0 unspecified atom stereocenters. The van der Waals surface area contributed by atoms with Gasteiger partial charge in [-0.25, -0.2) is 0 Å². The monoisotopic (exact) mass is 175 g/mol. The highest BCUT2D eigenvalue weighted by Crippen LogP contribution is 2.07. The number of carbonyl (C=O) groups is 2.